The number of aromatic nitrogens is 5. The summed E-state index contributed by atoms with van der Waals surface area (Å²) in [6.45, 7) is 4.19. The molecule has 0 aliphatic rings. The van der Waals surface area contributed by atoms with Crippen molar-refractivity contribution in [1.29, 1.82) is 0 Å². The van der Waals surface area contributed by atoms with Crippen LogP contribution in [0.2, 0.25) is 0 Å². The Morgan fingerprint density at radius 2 is 1.94 bits per heavy atom. The molecule has 0 radical (unpaired) electrons. The van der Waals surface area contributed by atoms with Gasteiger partial charge in [-0.25, -0.2) is 15.0 Å². The van der Waals surface area contributed by atoms with Crippen LogP contribution < -0.4 is 15.0 Å². The van der Waals surface area contributed by atoms with Gasteiger partial charge in [0.2, 0.25) is 11.8 Å². The summed E-state index contributed by atoms with van der Waals surface area (Å²) >= 11 is 0. The van der Waals surface area contributed by atoms with E-state index in [1.54, 1.807) is 25.6 Å². The van der Waals surface area contributed by atoms with Crippen molar-refractivity contribution >= 4 is 28.6 Å². The second-order valence-corrected chi connectivity index (χ2v) is 7.33. The van der Waals surface area contributed by atoms with Crippen LogP contribution >= 0.6 is 0 Å². The molecule has 4 rings (SSSR count). The molecule has 31 heavy (non-hydrogen) atoms. The number of nitrogens with zero attached hydrogens (tertiary/aromatic N) is 5. The number of hydrogen-bond acceptors (Lipinski definition) is 7. The van der Waals surface area contributed by atoms with Crippen LogP contribution in [-0.2, 0) is 0 Å². The summed E-state index contributed by atoms with van der Waals surface area (Å²) in [6.07, 6.45) is 4.64. The molecule has 0 aliphatic carbocycles. The third-order valence-corrected chi connectivity index (χ3v) is 4.96. The minimum atomic E-state index is -0.342. The van der Waals surface area contributed by atoms with Gasteiger partial charge in [-0.3, -0.25) is 9.78 Å². The lowest BCUT2D eigenvalue weighted by Crippen LogP contribution is -2.26. The number of anilines is 2. The highest BCUT2D eigenvalue weighted by Crippen LogP contribution is 2.22. The van der Waals surface area contributed by atoms with Gasteiger partial charge in [0.25, 0.3) is 5.91 Å². The Labute approximate surface area is 179 Å². The van der Waals surface area contributed by atoms with E-state index in [1.165, 1.54) is 6.20 Å². The van der Waals surface area contributed by atoms with E-state index in [4.69, 9.17) is 4.74 Å². The summed E-state index contributed by atoms with van der Waals surface area (Å²) in [5.41, 5.74) is 3.94. The van der Waals surface area contributed by atoms with Gasteiger partial charge in [0.05, 0.1) is 36.2 Å². The Morgan fingerprint density at radius 3 is 2.58 bits per heavy atom. The van der Waals surface area contributed by atoms with Crippen molar-refractivity contribution in [3.63, 3.8) is 0 Å². The van der Waals surface area contributed by atoms with Gasteiger partial charge in [-0.15, -0.1) is 0 Å². The van der Waals surface area contributed by atoms with E-state index < -0.39 is 0 Å². The molecule has 0 saturated carbocycles. The Kier molecular flexibility index (Phi) is 5.48. The van der Waals surface area contributed by atoms with Gasteiger partial charge in [0, 0.05) is 36.6 Å². The smallest absolute Gasteiger partial charge is 0.275 e. The number of rotatable bonds is 6. The van der Waals surface area contributed by atoms with Crippen molar-refractivity contribution in [2.75, 3.05) is 24.4 Å². The van der Waals surface area contributed by atoms with E-state index in [0.717, 1.165) is 22.5 Å². The molecule has 2 N–H and O–H groups in total. The highest BCUT2D eigenvalue weighted by Gasteiger charge is 2.13. The number of carbonyl (C=O) groups is 1. The fourth-order valence-corrected chi connectivity index (χ4v) is 2.93. The average Bonchev–Trinajstić information content (AvgIpc) is 3.22. The third kappa shape index (κ3) is 4.30. The zero-order chi connectivity index (χ0) is 22.0. The minimum absolute atomic E-state index is 0.218. The number of hydrogen-bond donors (Lipinski definition) is 2. The number of fused-ring (bicyclic) bond motifs is 1. The number of pyridine rings is 1. The molecule has 0 saturated heterocycles. The Hall–Kier alpha value is -4.01. The predicted molar refractivity (Wildman–Crippen MR) is 119 cm³/mol. The van der Waals surface area contributed by atoms with Crippen LogP contribution in [0.5, 0.6) is 5.88 Å². The molecule has 3 aromatic heterocycles. The van der Waals surface area contributed by atoms with Gasteiger partial charge >= 0.3 is 0 Å². The first-order valence-corrected chi connectivity index (χ1v) is 9.81. The monoisotopic (exact) mass is 417 g/mol. The van der Waals surface area contributed by atoms with Crippen molar-refractivity contribution in [1.82, 2.24) is 24.9 Å². The molecule has 9 heteroatoms. The molecule has 1 aromatic carbocycles. The van der Waals surface area contributed by atoms with Gasteiger partial charge in [-0.2, -0.15) is 0 Å². The van der Waals surface area contributed by atoms with Crippen molar-refractivity contribution in [2.45, 2.75) is 19.9 Å². The lowest BCUT2D eigenvalue weighted by atomic mass is 10.2. The van der Waals surface area contributed by atoms with E-state index in [9.17, 15) is 4.79 Å². The van der Waals surface area contributed by atoms with E-state index in [1.807, 2.05) is 36.2 Å². The van der Waals surface area contributed by atoms with Crippen molar-refractivity contribution in [2.24, 2.45) is 0 Å². The first-order chi connectivity index (χ1) is 14.9. The largest absolute Gasteiger partial charge is 0.481 e. The summed E-state index contributed by atoms with van der Waals surface area (Å²) in [5, 5.41) is 2.85. The van der Waals surface area contributed by atoms with E-state index in [0.29, 0.717) is 23.3 Å². The first kappa shape index (κ1) is 20.3. The summed E-state index contributed by atoms with van der Waals surface area (Å²) in [5.74, 6) is 0.957. The van der Waals surface area contributed by atoms with Crippen molar-refractivity contribution in [3.8, 4) is 17.1 Å². The minimum Gasteiger partial charge on any atom is -0.481 e. The normalized spacial score (nSPS) is 11.0. The molecule has 3 heterocycles. The fraction of sp³-hybridized carbons (Fsp3) is 0.227. The van der Waals surface area contributed by atoms with Gasteiger partial charge in [0.1, 0.15) is 5.69 Å². The van der Waals surface area contributed by atoms with Gasteiger partial charge in [-0.1, -0.05) is 0 Å². The molecule has 0 fully saturated rings. The zero-order valence-electron chi connectivity index (χ0n) is 17.7. The Balaban J connectivity index is 1.48. The van der Waals surface area contributed by atoms with Crippen molar-refractivity contribution in [3.05, 3.63) is 54.6 Å². The lowest BCUT2D eigenvalue weighted by Gasteiger charge is -2.19. The maximum absolute atomic E-state index is 12.6. The lowest BCUT2D eigenvalue weighted by molar-refractivity contribution is 0.102. The number of aromatic amines is 1. The molecule has 0 unspecified atom stereocenters. The second kappa shape index (κ2) is 8.39. The molecule has 0 aliphatic heterocycles. The quantitative estimate of drug-likeness (QED) is 0.494. The third-order valence-electron chi connectivity index (χ3n) is 4.96. The highest BCUT2D eigenvalue weighted by atomic mass is 16.5. The van der Waals surface area contributed by atoms with E-state index >= 15 is 0 Å². The molecule has 0 spiro atoms. The van der Waals surface area contributed by atoms with E-state index in [-0.39, 0.29) is 11.6 Å². The predicted octanol–water partition coefficient (Wildman–Crippen LogP) is 3.52. The van der Waals surface area contributed by atoms with Crippen LogP contribution in [0.25, 0.3) is 22.3 Å². The summed E-state index contributed by atoms with van der Waals surface area (Å²) in [6, 6.07) is 9.42. The standard InChI is InChI=1S/C22H23N7O2/c1-13(2)29(3)22-27-16-7-6-15(9-17(16)28-22)26-21(30)19-12-23-18(11-24-19)14-5-8-20(31-4)25-10-14/h5-13H,1-4H3,(H,26,30)(H,27,28). The maximum atomic E-state index is 12.6. The summed E-state index contributed by atoms with van der Waals surface area (Å²) in [4.78, 5) is 35.3. The Bertz CT molecular complexity index is 1200. The molecule has 0 atom stereocenters. The molecule has 0 bridgehead atoms. The number of carbonyl (C=O) groups excluding carboxylic acids is 1. The fourth-order valence-electron chi connectivity index (χ4n) is 2.93. The zero-order valence-corrected chi connectivity index (χ0v) is 17.7. The average molecular weight is 417 g/mol. The number of benzene rings is 1. The first-order valence-electron chi connectivity index (χ1n) is 9.81. The van der Waals surface area contributed by atoms with Gasteiger partial charge in [-0.05, 0) is 38.1 Å². The van der Waals surface area contributed by atoms with Crippen LogP contribution in [0.3, 0.4) is 0 Å². The SMILES string of the molecule is COc1ccc(-c2cnc(C(=O)Nc3ccc4nc(N(C)C(C)C)[nH]c4c3)cn2)cn1. The number of H-pyrrole nitrogens is 1. The van der Waals surface area contributed by atoms with Crippen LogP contribution in [0.15, 0.2) is 48.9 Å². The van der Waals surface area contributed by atoms with Crippen LogP contribution in [0, 0.1) is 0 Å². The summed E-state index contributed by atoms with van der Waals surface area (Å²) < 4.78 is 5.05. The molecule has 9 nitrogen and oxygen atoms in total. The second-order valence-electron chi connectivity index (χ2n) is 7.33. The number of nitrogens with one attached hydrogen (secondary N) is 2. The van der Waals surface area contributed by atoms with Crippen LogP contribution in [0.1, 0.15) is 24.3 Å². The molecular weight excluding hydrogens is 394 g/mol. The topological polar surface area (TPSA) is 109 Å². The molecule has 158 valence electrons. The van der Waals surface area contributed by atoms with Gasteiger partial charge < -0.3 is 19.9 Å². The van der Waals surface area contributed by atoms with Crippen LogP contribution in [-0.4, -0.2) is 51.0 Å². The van der Waals surface area contributed by atoms with E-state index in [2.05, 4.69) is 44.1 Å². The van der Waals surface area contributed by atoms with Crippen molar-refractivity contribution < 1.29 is 9.53 Å². The molecule has 1 amide bonds. The molecule has 4 aromatic rings. The summed E-state index contributed by atoms with van der Waals surface area (Å²) in [7, 11) is 3.54. The number of methoxy groups -OCH3 is 1. The number of ether oxygens (including phenoxy) is 1. The highest BCUT2D eigenvalue weighted by molar-refractivity contribution is 6.03. The van der Waals surface area contributed by atoms with Gasteiger partial charge in [0.15, 0.2) is 0 Å². The number of amides is 1. The maximum Gasteiger partial charge on any atom is 0.275 e. The number of imidazole rings is 1. The molecular formula is C22H23N7O2. The Morgan fingerprint density at radius 1 is 1.10 bits per heavy atom. The van der Waals surface area contributed by atoms with Crippen LogP contribution in [0.4, 0.5) is 11.6 Å².